The van der Waals surface area contributed by atoms with Crippen molar-refractivity contribution in [1.82, 2.24) is 10.9 Å². The Hall–Kier alpha value is -3.04. The molecule has 3 aromatic rings. The highest BCUT2D eigenvalue weighted by molar-refractivity contribution is 7.12. The van der Waals surface area contributed by atoms with E-state index < -0.39 is 11.8 Å². The number of thiophene rings is 2. The summed E-state index contributed by atoms with van der Waals surface area (Å²) in [4.78, 5) is 25.6. The molecule has 0 aromatic carbocycles. The van der Waals surface area contributed by atoms with Crippen LogP contribution in [0.4, 0.5) is 0 Å². The van der Waals surface area contributed by atoms with Crippen LogP contribution < -0.4 is 10.9 Å². The maximum absolute atomic E-state index is 11.9. The molecule has 0 unspecified atom stereocenters. The van der Waals surface area contributed by atoms with Gasteiger partial charge in [-0.3, -0.25) is 9.59 Å². The fraction of sp³-hybridized carbons (Fsp3) is 0. The number of hydrazone groups is 2. The average Bonchev–Trinajstić information content (AvgIpc) is 3.36. The summed E-state index contributed by atoms with van der Waals surface area (Å²) >= 11 is 2.99. The third kappa shape index (κ3) is 4.72. The van der Waals surface area contributed by atoms with Crippen molar-refractivity contribution < 1.29 is 14.0 Å². The second-order valence-electron chi connectivity index (χ2n) is 4.59. The van der Waals surface area contributed by atoms with E-state index in [0.29, 0.717) is 0 Å². The van der Waals surface area contributed by atoms with Crippen LogP contribution in [-0.4, -0.2) is 24.2 Å². The molecule has 126 valence electrons. The lowest BCUT2D eigenvalue weighted by Crippen LogP contribution is -2.18. The number of amides is 2. The van der Waals surface area contributed by atoms with E-state index in [4.69, 9.17) is 4.42 Å². The van der Waals surface area contributed by atoms with E-state index in [9.17, 15) is 9.59 Å². The van der Waals surface area contributed by atoms with E-state index in [0.717, 1.165) is 9.75 Å². The van der Waals surface area contributed by atoms with Crippen LogP contribution in [0.1, 0.15) is 30.9 Å². The number of hydrogen-bond donors (Lipinski definition) is 2. The van der Waals surface area contributed by atoms with Gasteiger partial charge in [0, 0.05) is 9.75 Å². The Morgan fingerprint density at radius 1 is 0.840 bits per heavy atom. The van der Waals surface area contributed by atoms with Crippen LogP contribution in [0.15, 0.2) is 61.8 Å². The molecule has 0 spiro atoms. The summed E-state index contributed by atoms with van der Waals surface area (Å²) in [6.07, 6.45) is 3.05. The molecule has 0 atom stereocenters. The SMILES string of the molecule is O=C(NN=Cc1cccs1)c1ccc(C(=O)NN=Cc2cccs2)o1. The van der Waals surface area contributed by atoms with E-state index in [1.54, 1.807) is 0 Å². The highest BCUT2D eigenvalue weighted by Crippen LogP contribution is 2.09. The zero-order valence-corrected chi connectivity index (χ0v) is 14.3. The molecule has 2 N–H and O–H groups in total. The summed E-state index contributed by atoms with van der Waals surface area (Å²) in [5.74, 6) is -1.13. The number of carbonyl (C=O) groups is 2. The Morgan fingerprint density at radius 2 is 1.32 bits per heavy atom. The molecule has 25 heavy (non-hydrogen) atoms. The van der Waals surface area contributed by atoms with Gasteiger partial charge in [0.15, 0.2) is 11.5 Å². The topological polar surface area (TPSA) is 96.1 Å². The van der Waals surface area contributed by atoms with E-state index in [1.165, 1.54) is 47.2 Å². The van der Waals surface area contributed by atoms with Gasteiger partial charge in [-0.1, -0.05) is 12.1 Å². The predicted octanol–water partition coefficient (Wildman–Crippen LogP) is 2.93. The Kier molecular flexibility index (Phi) is 5.50. The molecule has 0 saturated carbocycles. The first-order valence-electron chi connectivity index (χ1n) is 7.06. The normalized spacial score (nSPS) is 11.2. The van der Waals surface area contributed by atoms with Gasteiger partial charge >= 0.3 is 11.8 Å². The number of rotatable bonds is 6. The van der Waals surface area contributed by atoms with Gasteiger partial charge in [0.25, 0.3) is 0 Å². The molecule has 0 saturated heterocycles. The highest BCUT2D eigenvalue weighted by Gasteiger charge is 2.15. The monoisotopic (exact) mass is 372 g/mol. The molecule has 0 bridgehead atoms. The van der Waals surface area contributed by atoms with Gasteiger partial charge in [0.1, 0.15) is 0 Å². The van der Waals surface area contributed by atoms with Crippen LogP contribution in [0.2, 0.25) is 0 Å². The van der Waals surface area contributed by atoms with Gasteiger partial charge in [-0.25, -0.2) is 10.9 Å². The lowest BCUT2D eigenvalue weighted by Gasteiger charge is -1.96. The van der Waals surface area contributed by atoms with Crippen molar-refractivity contribution in [1.29, 1.82) is 0 Å². The zero-order valence-electron chi connectivity index (χ0n) is 12.7. The van der Waals surface area contributed by atoms with Gasteiger partial charge in [0.05, 0.1) is 12.4 Å². The lowest BCUT2D eigenvalue weighted by molar-refractivity contribution is 0.0902. The third-order valence-electron chi connectivity index (χ3n) is 2.86. The number of nitrogens with one attached hydrogen (secondary N) is 2. The molecule has 0 aliphatic heterocycles. The average molecular weight is 372 g/mol. The minimum atomic E-state index is -0.547. The molecule has 7 nitrogen and oxygen atoms in total. The van der Waals surface area contributed by atoms with Crippen LogP contribution in [-0.2, 0) is 0 Å². The van der Waals surface area contributed by atoms with E-state index >= 15 is 0 Å². The minimum absolute atomic E-state index is 0.0179. The quantitative estimate of drug-likeness (QED) is 0.514. The first kappa shape index (κ1) is 16.8. The molecule has 9 heteroatoms. The van der Waals surface area contributed by atoms with Crippen LogP contribution in [0.25, 0.3) is 0 Å². The maximum Gasteiger partial charge on any atom is 0.307 e. The molecular formula is C16H12N4O3S2. The summed E-state index contributed by atoms with van der Waals surface area (Å²) in [6, 6.07) is 10.3. The standard InChI is InChI=1S/C16H12N4O3S2/c21-15(19-17-9-11-3-1-7-24-11)13-5-6-14(23-13)16(22)20-18-10-12-4-2-8-25-12/h1-10H,(H,19,21)(H,20,22). The Labute approximate surface area is 150 Å². The van der Waals surface area contributed by atoms with Crippen molar-refractivity contribution in [2.24, 2.45) is 10.2 Å². The van der Waals surface area contributed by atoms with Gasteiger partial charge < -0.3 is 4.42 Å². The number of furan rings is 1. The molecule has 3 heterocycles. The maximum atomic E-state index is 11.9. The Bertz CT molecular complexity index is 823. The van der Waals surface area contributed by atoms with Crippen LogP contribution >= 0.6 is 22.7 Å². The number of hydrogen-bond acceptors (Lipinski definition) is 7. The Morgan fingerprint density at radius 3 is 1.72 bits per heavy atom. The molecule has 3 rings (SSSR count). The smallest absolute Gasteiger partial charge is 0.307 e. The van der Waals surface area contributed by atoms with Crippen molar-refractivity contribution in [3.05, 3.63) is 68.4 Å². The summed E-state index contributed by atoms with van der Waals surface area (Å²) < 4.78 is 5.22. The van der Waals surface area contributed by atoms with Gasteiger partial charge in [-0.05, 0) is 35.0 Å². The van der Waals surface area contributed by atoms with Gasteiger partial charge in [-0.2, -0.15) is 10.2 Å². The second kappa shape index (κ2) is 8.18. The van der Waals surface area contributed by atoms with Crippen molar-refractivity contribution in [3.63, 3.8) is 0 Å². The van der Waals surface area contributed by atoms with E-state index in [1.807, 2.05) is 35.0 Å². The number of nitrogens with zero attached hydrogens (tertiary/aromatic N) is 2. The van der Waals surface area contributed by atoms with Crippen LogP contribution in [0, 0.1) is 0 Å². The van der Waals surface area contributed by atoms with Crippen LogP contribution in [0.3, 0.4) is 0 Å². The van der Waals surface area contributed by atoms with Gasteiger partial charge in [-0.15, -0.1) is 22.7 Å². The zero-order chi connectivity index (χ0) is 17.5. The molecule has 3 aromatic heterocycles. The van der Waals surface area contributed by atoms with Crippen LogP contribution in [0.5, 0.6) is 0 Å². The molecule has 2 amide bonds. The van der Waals surface area contributed by atoms with Crippen molar-refractivity contribution >= 4 is 46.9 Å². The van der Waals surface area contributed by atoms with Crippen molar-refractivity contribution in [3.8, 4) is 0 Å². The summed E-state index contributed by atoms with van der Waals surface area (Å²) in [7, 11) is 0. The van der Waals surface area contributed by atoms with Crippen molar-refractivity contribution in [2.45, 2.75) is 0 Å². The second-order valence-corrected chi connectivity index (χ2v) is 6.55. The molecule has 0 aliphatic carbocycles. The van der Waals surface area contributed by atoms with E-state index in [-0.39, 0.29) is 11.5 Å². The Balaban J connectivity index is 1.54. The minimum Gasteiger partial charge on any atom is -0.446 e. The highest BCUT2D eigenvalue weighted by atomic mass is 32.1. The molecular weight excluding hydrogens is 360 g/mol. The summed E-state index contributed by atoms with van der Waals surface area (Å²) in [5.41, 5.74) is 4.67. The molecule has 0 fully saturated rings. The molecule has 0 radical (unpaired) electrons. The first-order chi connectivity index (χ1) is 12.2. The summed E-state index contributed by atoms with van der Waals surface area (Å²) in [6.45, 7) is 0. The fourth-order valence-corrected chi connectivity index (χ4v) is 2.90. The fourth-order valence-electron chi connectivity index (χ4n) is 1.73. The largest absolute Gasteiger partial charge is 0.446 e. The number of carbonyl (C=O) groups excluding carboxylic acids is 2. The summed E-state index contributed by atoms with van der Waals surface area (Å²) in [5, 5.41) is 11.5. The van der Waals surface area contributed by atoms with Gasteiger partial charge in [0.2, 0.25) is 0 Å². The first-order valence-corrected chi connectivity index (χ1v) is 8.82. The van der Waals surface area contributed by atoms with Crippen molar-refractivity contribution in [2.75, 3.05) is 0 Å². The lowest BCUT2D eigenvalue weighted by atomic mass is 10.4. The predicted molar refractivity (Wildman–Crippen MR) is 97.5 cm³/mol. The molecule has 0 aliphatic rings. The third-order valence-corrected chi connectivity index (χ3v) is 4.47. The van der Waals surface area contributed by atoms with E-state index in [2.05, 4.69) is 21.1 Å².